The highest BCUT2D eigenvalue weighted by atomic mass is 16.3. The van der Waals surface area contributed by atoms with Gasteiger partial charge in [0.05, 0.1) is 5.69 Å². The predicted molar refractivity (Wildman–Crippen MR) is 82.9 cm³/mol. The Morgan fingerprint density at radius 1 is 1.18 bits per heavy atom. The molecule has 2 aromatic rings. The maximum absolute atomic E-state index is 12.5. The summed E-state index contributed by atoms with van der Waals surface area (Å²) in [5, 5.41) is 10.1. The van der Waals surface area contributed by atoms with Gasteiger partial charge < -0.3 is 5.11 Å². The fourth-order valence-corrected chi connectivity index (χ4v) is 2.27. The maximum Gasteiger partial charge on any atom is 0.338 e. The van der Waals surface area contributed by atoms with Gasteiger partial charge >= 0.3 is 5.69 Å². The van der Waals surface area contributed by atoms with Gasteiger partial charge in [-0.15, -0.1) is 0 Å². The van der Waals surface area contributed by atoms with Crippen molar-refractivity contribution in [2.45, 2.75) is 33.2 Å². The zero-order chi connectivity index (χ0) is 16.3. The van der Waals surface area contributed by atoms with Crippen molar-refractivity contribution in [3.63, 3.8) is 0 Å². The van der Waals surface area contributed by atoms with Crippen molar-refractivity contribution in [1.29, 1.82) is 0 Å². The number of unbranched alkanes of at least 4 members (excludes halogenated alkanes) is 1. The fourth-order valence-electron chi connectivity index (χ4n) is 2.27. The van der Waals surface area contributed by atoms with E-state index in [0.29, 0.717) is 12.1 Å². The molecule has 2 rings (SSSR count). The number of aromatic hydroxyl groups is 1. The average Bonchev–Trinajstić information content (AvgIpc) is 2.48. The monoisotopic (exact) mass is 302 g/mol. The average molecular weight is 302 g/mol. The summed E-state index contributed by atoms with van der Waals surface area (Å²) < 4.78 is 2.00. The van der Waals surface area contributed by atoms with Crippen molar-refractivity contribution in [2.75, 3.05) is 0 Å². The van der Waals surface area contributed by atoms with Crippen LogP contribution in [0.5, 0.6) is 5.88 Å². The van der Waals surface area contributed by atoms with Crippen molar-refractivity contribution in [3.05, 3.63) is 56.7 Å². The summed E-state index contributed by atoms with van der Waals surface area (Å²) in [5.74, 6) is -1.12. The van der Waals surface area contributed by atoms with Gasteiger partial charge in [-0.25, -0.2) is 9.36 Å². The number of carbonyl (C=O) groups is 1. The first-order chi connectivity index (χ1) is 10.5. The molecule has 0 fully saturated rings. The van der Waals surface area contributed by atoms with E-state index < -0.39 is 22.9 Å². The smallest absolute Gasteiger partial charge is 0.338 e. The first-order valence-electron chi connectivity index (χ1n) is 7.14. The third-order valence-corrected chi connectivity index (χ3v) is 3.42. The number of hydrogen-bond acceptors (Lipinski definition) is 4. The molecule has 6 heteroatoms. The summed E-state index contributed by atoms with van der Waals surface area (Å²) in [5.41, 5.74) is -1.44. The van der Waals surface area contributed by atoms with Crippen LogP contribution in [0.25, 0.3) is 5.69 Å². The summed E-state index contributed by atoms with van der Waals surface area (Å²) in [6, 6.07) is 8.36. The van der Waals surface area contributed by atoms with E-state index >= 15 is 0 Å². The van der Waals surface area contributed by atoms with Gasteiger partial charge in [0.25, 0.3) is 5.56 Å². The van der Waals surface area contributed by atoms with Crippen LogP contribution < -0.4 is 11.2 Å². The van der Waals surface area contributed by atoms with Crippen molar-refractivity contribution >= 4 is 5.78 Å². The number of rotatable bonds is 5. The van der Waals surface area contributed by atoms with Gasteiger partial charge in [-0.05, 0) is 25.5 Å². The molecular formula is C16H18N2O4. The Labute approximate surface area is 127 Å². The largest absolute Gasteiger partial charge is 0.494 e. The molecule has 0 atom stereocenters. The molecule has 0 saturated heterocycles. The summed E-state index contributed by atoms with van der Waals surface area (Å²) >= 11 is 0. The van der Waals surface area contributed by atoms with Crippen LogP contribution in [0.2, 0.25) is 0 Å². The summed E-state index contributed by atoms with van der Waals surface area (Å²) in [4.78, 5) is 36.7. The Morgan fingerprint density at radius 2 is 1.82 bits per heavy atom. The molecule has 116 valence electrons. The molecule has 1 N–H and O–H groups in total. The second-order valence-corrected chi connectivity index (χ2v) is 5.02. The number of aromatic nitrogens is 2. The molecule has 0 spiro atoms. The molecule has 1 aromatic heterocycles. The summed E-state index contributed by atoms with van der Waals surface area (Å²) in [7, 11) is 0. The highest BCUT2D eigenvalue weighted by Crippen LogP contribution is 2.14. The zero-order valence-corrected chi connectivity index (χ0v) is 12.6. The molecule has 0 aliphatic heterocycles. The van der Waals surface area contributed by atoms with Crippen LogP contribution in [-0.2, 0) is 6.54 Å². The number of hydrogen-bond donors (Lipinski definition) is 1. The van der Waals surface area contributed by atoms with E-state index in [-0.39, 0.29) is 12.1 Å². The van der Waals surface area contributed by atoms with Gasteiger partial charge in [0, 0.05) is 6.54 Å². The number of ketones is 1. The molecule has 0 amide bonds. The summed E-state index contributed by atoms with van der Waals surface area (Å²) in [6.07, 6.45) is 1.46. The van der Waals surface area contributed by atoms with Crippen LogP contribution >= 0.6 is 0 Å². The highest BCUT2D eigenvalue weighted by Gasteiger charge is 2.22. The van der Waals surface area contributed by atoms with Crippen molar-refractivity contribution in [1.82, 2.24) is 9.13 Å². The third-order valence-electron chi connectivity index (χ3n) is 3.42. The maximum atomic E-state index is 12.5. The number of nitrogens with zero attached hydrogens (tertiary/aromatic N) is 2. The zero-order valence-electron chi connectivity index (χ0n) is 12.6. The van der Waals surface area contributed by atoms with Gasteiger partial charge in [0.1, 0.15) is 5.56 Å². The van der Waals surface area contributed by atoms with Crippen molar-refractivity contribution < 1.29 is 9.90 Å². The Bertz CT molecular complexity index is 803. The normalized spacial score (nSPS) is 10.6. The first-order valence-corrected chi connectivity index (χ1v) is 7.14. The second kappa shape index (κ2) is 6.43. The molecule has 6 nitrogen and oxygen atoms in total. The Kier molecular flexibility index (Phi) is 4.60. The highest BCUT2D eigenvalue weighted by molar-refractivity contribution is 5.95. The lowest BCUT2D eigenvalue weighted by Crippen LogP contribution is -2.41. The van der Waals surface area contributed by atoms with E-state index in [9.17, 15) is 19.5 Å². The molecule has 0 bridgehead atoms. The van der Waals surface area contributed by atoms with Crippen LogP contribution in [-0.4, -0.2) is 20.0 Å². The molecule has 22 heavy (non-hydrogen) atoms. The van der Waals surface area contributed by atoms with E-state index in [4.69, 9.17) is 0 Å². The van der Waals surface area contributed by atoms with E-state index in [2.05, 4.69) is 0 Å². The fraction of sp³-hybridized carbons (Fsp3) is 0.312. The van der Waals surface area contributed by atoms with E-state index in [1.807, 2.05) is 6.92 Å². The van der Waals surface area contributed by atoms with Gasteiger partial charge in [-0.1, -0.05) is 31.5 Å². The van der Waals surface area contributed by atoms with E-state index in [1.165, 1.54) is 6.92 Å². The minimum Gasteiger partial charge on any atom is -0.494 e. The van der Waals surface area contributed by atoms with Gasteiger partial charge in [-0.2, -0.15) is 0 Å². The second-order valence-electron chi connectivity index (χ2n) is 5.02. The lowest BCUT2D eigenvalue weighted by molar-refractivity contribution is 0.101. The number of para-hydroxylation sites is 1. The van der Waals surface area contributed by atoms with Crippen molar-refractivity contribution in [2.24, 2.45) is 0 Å². The predicted octanol–water partition coefficient (Wildman–Crippen LogP) is 1.71. The van der Waals surface area contributed by atoms with Gasteiger partial charge in [0.2, 0.25) is 5.88 Å². The Balaban J connectivity index is 2.84. The minimum absolute atomic E-state index is 0.245. The number of carbonyl (C=O) groups excluding carboxylic acids is 1. The van der Waals surface area contributed by atoms with Crippen LogP contribution in [0.3, 0.4) is 0 Å². The van der Waals surface area contributed by atoms with Crippen molar-refractivity contribution in [3.8, 4) is 11.6 Å². The van der Waals surface area contributed by atoms with Crippen LogP contribution in [0.1, 0.15) is 37.0 Å². The third kappa shape index (κ3) is 2.72. The SMILES string of the molecule is CCCCn1c(O)c(C(C)=O)c(=O)n(-c2ccccc2)c1=O. The van der Waals surface area contributed by atoms with Crippen LogP contribution in [0.4, 0.5) is 0 Å². The van der Waals surface area contributed by atoms with Crippen LogP contribution in [0.15, 0.2) is 39.9 Å². The molecule has 1 aromatic carbocycles. The van der Waals surface area contributed by atoms with E-state index in [0.717, 1.165) is 15.6 Å². The number of Topliss-reactive ketones (excluding diaryl/α,β-unsaturated/α-hetero) is 1. The van der Waals surface area contributed by atoms with Gasteiger partial charge in [-0.3, -0.25) is 14.2 Å². The lowest BCUT2D eigenvalue weighted by Gasteiger charge is -2.14. The molecule has 0 aliphatic carbocycles. The van der Waals surface area contributed by atoms with Gasteiger partial charge in [0.15, 0.2) is 5.78 Å². The minimum atomic E-state index is -0.797. The Hall–Kier alpha value is -2.63. The van der Waals surface area contributed by atoms with E-state index in [1.54, 1.807) is 30.3 Å². The standard InChI is InChI=1S/C16H18N2O4/c1-3-4-10-17-14(20)13(11(2)19)15(21)18(16(17)22)12-8-6-5-7-9-12/h5-9,20H,3-4,10H2,1-2H3. The Morgan fingerprint density at radius 3 is 2.36 bits per heavy atom. The first kappa shape index (κ1) is 15.8. The van der Waals surface area contributed by atoms with Crippen LogP contribution in [0, 0.1) is 0 Å². The molecule has 0 saturated carbocycles. The molecule has 0 aliphatic rings. The molecular weight excluding hydrogens is 284 g/mol. The molecule has 0 radical (unpaired) electrons. The topological polar surface area (TPSA) is 81.3 Å². The lowest BCUT2D eigenvalue weighted by atomic mass is 10.2. The number of benzene rings is 1. The molecule has 1 heterocycles. The summed E-state index contributed by atoms with van der Waals surface area (Å²) in [6.45, 7) is 3.39. The quantitative estimate of drug-likeness (QED) is 0.852. The molecule has 0 unspecified atom stereocenters.